The molecule has 0 saturated heterocycles. The second-order valence-corrected chi connectivity index (χ2v) is 8.89. The average Bonchev–Trinajstić information content (AvgIpc) is 3.21. The lowest BCUT2D eigenvalue weighted by Gasteiger charge is -2.28. The summed E-state index contributed by atoms with van der Waals surface area (Å²) >= 11 is 0. The maximum absolute atomic E-state index is 12.7. The number of carbonyl (C=O) groups excluding carboxylic acids is 1. The highest BCUT2D eigenvalue weighted by molar-refractivity contribution is 7.92. The minimum atomic E-state index is -3.69. The molecule has 9 nitrogen and oxygen atoms in total. The van der Waals surface area contributed by atoms with Crippen LogP contribution in [0.2, 0.25) is 0 Å². The zero-order valence-electron chi connectivity index (χ0n) is 17.7. The summed E-state index contributed by atoms with van der Waals surface area (Å²) in [5.74, 6) is 0.711. The van der Waals surface area contributed by atoms with Gasteiger partial charge in [-0.3, -0.25) is 9.10 Å². The van der Waals surface area contributed by atoms with Gasteiger partial charge in [-0.25, -0.2) is 8.42 Å². The number of rotatable bonds is 8. The van der Waals surface area contributed by atoms with Gasteiger partial charge < -0.3 is 14.6 Å². The van der Waals surface area contributed by atoms with E-state index in [1.165, 1.54) is 6.92 Å². The molecule has 0 spiro atoms. The summed E-state index contributed by atoms with van der Waals surface area (Å²) in [5, 5.41) is 6.57. The van der Waals surface area contributed by atoms with Gasteiger partial charge in [-0.2, -0.15) is 4.98 Å². The molecule has 3 aromatic rings. The Kier molecular flexibility index (Phi) is 6.59. The lowest BCUT2D eigenvalue weighted by molar-refractivity contribution is -0.122. The molecule has 0 saturated carbocycles. The van der Waals surface area contributed by atoms with Crippen LogP contribution in [0, 0.1) is 6.92 Å². The quantitative estimate of drug-likeness (QED) is 0.568. The second kappa shape index (κ2) is 9.17. The van der Waals surface area contributed by atoms with Crippen molar-refractivity contribution >= 4 is 21.6 Å². The molecule has 31 heavy (non-hydrogen) atoms. The summed E-state index contributed by atoms with van der Waals surface area (Å²) in [6.45, 7) is 3.38. The van der Waals surface area contributed by atoms with Crippen molar-refractivity contribution < 1.29 is 22.5 Å². The van der Waals surface area contributed by atoms with E-state index >= 15 is 0 Å². The maximum atomic E-state index is 12.7. The van der Waals surface area contributed by atoms with Crippen molar-refractivity contribution in [2.75, 3.05) is 17.7 Å². The van der Waals surface area contributed by atoms with Crippen molar-refractivity contribution in [2.45, 2.75) is 26.4 Å². The first-order valence-electron chi connectivity index (χ1n) is 9.50. The number of benzene rings is 2. The van der Waals surface area contributed by atoms with Crippen LogP contribution in [0.1, 0.15) is 18.4 Å². The number of ether oxygens (including phenoxy) is 1. The van der Waals surface area contributed by atoms with Crippen molar-refractivity contribution in [3.63, 3.8) is 0 Å². The lowest BCUT2D eigenvalue weighted by atomic mass is 10.2. The van der Waals surface area contributed by atoms with E-state index in [2.05, 4.69) is 15.5 Å². The zero-order valence-corrected chi connectivity index (χ0v) is 18.5. The van der Waals surface area contributed by atoms with Gasteiger partial charge in [0, 0.05) is 5.56 Å². The van der Waals surface area contributed by atoms with Gasteiger partial charge in [0.05, 0.1) is 25.6 Å². The number of aryl methyl sites for hydroxylation is 1. The maximum Gasteiger partial charge on any atom is 0.246 e. The third-order valence-electron chi connectivity index (χ3n) is 4.59. The largest absolute Gasteiger partial charge is 0.497 e. The molecule has 1 atom stereocenters. The summed E-state index contributed by atoms with van der Waals surface area (Å²) in [5.41, 5.74) is 2.10. The van der Waals surface area contributed by atoms with Crippen LogP contribution in [0.5, 0.6) is 5.75 Å². The molecule has 0 bridgehead atoms. The van der Waals surface area contributed by atoms with Crippen LogP contribution < -0.4 is 14.4 Å². The van der Waals surface area contributed by atoms with Gasteiger partial charge in [0.1, 0.15) is 11.8 Å². The molecule has 1 amide bonds. The number of hydrogen-bond acceptors (Lipinski definition) is 7. The van der Waals surface area contributed by atoms with Crippen molar-refractivity contribution in [3.8, 4) is 17.1 Å². The fraction of sp³-hybridized carbons (Fsp3) is 0.286. The number of anilines is 1. The minimum Gasteiger partial charge on any atom is -0.497 e. The smallest absolute Gasteiger partial charge is 0.246 e. The first kappa shape index (κ1) is 22.3. The van der Waals surface area contributed by atoms with Crippen molar-refractivity contribution in [1.29, 1.82) is 0 Å². The monoisotopic (exact) mass is 444 g/mol. The summed E-state index contributed by atoms with van der Waals surface area (Å²) < 4.78 is 36.2. The van der Waals surface area contributed by atoms with E-state index in [0.29, 0.717) is 22.8 Å². The van der Waals surface area contributed by atoms with Crippen LogP contribution in [0.15, 0.2) is 53.1 Å². The molecule has 164 valence electrons. The molecule has 1 heterocycles. The fourth-order valence-electron chi connectivity index (χ4n) is 3.02. The number of nitrogens with zero attached hydrogens (tertiary/aromatic N) is 3. The Bertz CT molecular complexity index is 1160. The molecule has 0 fully saturated rings. The molecule has 1 aromatic heterocycles. The molecular weight excluding hydrogens is 420 g/mol. The molecule has 0 radical (unpaired) electrons. The van der Waals surface area contributed by atoms with Crippen LogP contribution >= 0.6 is 0 Å². The number of aromatic nitrogens is 2. The molecule has 0 aliphatic carbocycles. The predicted molar refractivity (Wildman–Crippen MR) is 116 cm³/mol. The van der Waals surface area contributed by atoms with E-state index in [4.69, 9.17) is 9.26 Å². The summed E-state index contributed by atoms with van der Waals surface area (Å²) in [7, 11) is -2.12. The Morgan fingerprint density at radius 2 is 1.94 bits per heavy atom. The van der Waals surface area contributed by atoms with E-state index in [-0.39, 0.29) is 12.4 Å². The predicted octanol–water partition coefficient (Wildman–Crippen LogP) is 2.52. The summed E-state index contributed by atoms with van der Waals surface area (Å²) in [6, 6.07) is 13.1. The number of amides is 1. The first-order valence-corrected chi connectivity index (χ1v) is 11.3. The molecule has 0 aliphatic heterocycles. The first-order chi connectivity index (χ1) is 14.7. The second-order valence-electron chi connectivity index (χ2n) is 7.03. The normalized spacial score (nSPS) is 12.3. The number of sulfonamides is 1. The van der Waals surface area contributed by atoms with Gasteiger partial charge in [-0.15, -0.1) is 0 Å². The van der Waals surface area contributed by atoms with Gasteiger partial charge in [0.15, 0.2) is 0 Å². The Labute approximate surface area is 181 Å². The average molecular weight is 445 g/mol. The topological polar surface area (TPSA) is 115 Å². The molecule has 0 aliphatic rings. The Morgan fingerprint density at radius 1 is 1.23 bits per heavy atom. The highest BCUT2D eigenvalue weighted by Crippen LogP contribution is 2.22. The van der Waals surface area contributed by atoms with Crippen molar-refractivity contribution in [3.05, 3.63) is 60.0 Å². The molecule has 1 unspecified atom stereocenters. The van der Waals surface area contributed by atoms with Gasteiger partial charge in [0.25, 0.3) is 0 Å². The van der Waals surface area contributed by atoms with Gasteiger partial charge in [-0.1, -0.05) is 35.0 Å². The Hall–Kier alpha value is -3.40. The highest BCUT2D eigenvalue weighted by Gasteiger charge is 2.29. The van der Waals surface area contributed by atoms with Crippen LogP contribution in [0.25, 0.3) is 11.4 Å². The van der Waals surface area contributed by atoms with Crippen LogP contribution in [0.3, 0.4) is 0 Å². The molecular formula is C21H24N4O5S. The Morgan fingerprint density at radius 3 is 2.58 bits per heavy atom. The standard InChI is InChI=1S/C21H24N4O5S/c1-14-8-10-17(11-9-14)25(31(4,27)28)15(2)21(26)22-13-19-23-20(24-30-19)16-6-5-7-18(12-16)29-3/h5-12,15H,13H2,1-4H3,(H,22,26). The highest BCUT2D eigenvalue weighted by atomic mass is 32.2. The van der Waals surface area contributed by atoms with E-state index in [1.54, 1.807) is 49.6 Å². The molecule has 1 N–H and O–H groups in total. The summed E-state index contributed by atoms with van der Waals surface area (Å²) in [4.78, 5) is 17.0. The number of methoxy groups -OCH3 is 1. The zero-order chi connectivity index (χ0) is 22.6. The number of nitrogens with one attached hydrogen (secondary N) is 1. The Balaban J connectivity index is 1.70. The number of hydrogen-bond donors (Lipinski definition) is 1. The van der Waals surface area contributed by atoms with E-state index in [0.717, 1.165) is 16.1 Å². The third-order valence-corrected chi connectivity index (χ3v) is 5.83. The van der Waals surface area contributed by atoms with Crippen LogP contribution in [-0.2, 0) is 21.4 Å². The SMILES string of the molecule is COc1cccc(-c2noc(CNC(=O)C(C)N(c3ccc(C)cc3)S(C)(=O)=O)n2)c1. The number of carbonyl (C=O) groups is 1. The van der Waals surface area contributed by atoms with E-state index in [9.17, 15) is 13.2 Å². The van der Waals surface area contributed by atoms with Crippen LogP contribution in [-0.4, -0.2) is 43.9 Å². The van der Waals surface area contributed by atoms with Gasteiger partial charge in [-0.05, 0) is 38.1 Å². The minimum absolute atomic E-state index is 0.0361. The van der Waals surface area contributed by atoms with E-state index < -0.39 is 22.0 Å². The van der Waals surface area contributed by atoms with Crippen LogP contribution in [0.4, 0.5) is 5.69 Å². The third kappa shape index (κ3) is 5.40. The fourth-order valence-corrected chi connectivity index (χ4v) is 4.19. The van der Waals surface area contributed by atoms with E-state index in [1.807, 2.05) is 13.0 Å². The van der Waals surface area contributed by atoms with Crippen molar-refractivity contribution in [2.24, 2.45) is 0 Å². The van der Waals surface area contributed by atoms with Gasteiger partial charge >= 0.3 is 0 Å². The van der Waals surface area contributed by atoms with Crippen molar-refractivity contribution in [1.82, 2.24) is 15.5 Å². The van der Waals surface area contributed by atoms with Gasteiger partial charge in [0.2, 0.25) is 27.6 Å². The molecule has 2 aromatic carbocycles. The lowest BCUT2D eigenvalue weighted by Crippen LogP contribution is -2.47. The molecule has 3 rings (SSSR count). The summed E-state index contributed by atoms with van der Waals surface area (Å²) in [6.07, 6.45) is 1.06. The molecule has 10 heteroatoms.